The summed E-state index contributed by atoms with van der Waals surface area (Å²) < 4.78 is 26.8. The van der Waals surface area contributed by atoms with Gasteiger partial charge in [-0.05, 0) is 24.3 Å². The molecule has 0 unspecified atom stereocenters. The van der Waals surface area contributed by atoms with Gasteiger partial charge in [0, 0.05) is 11.8 Å². The molecule has 22 heavy (non-hydrogen) atoms. The van der Waals surface area contributed by atoms with Gasteiger partial charge in [0.05, 0.1) is 5.02 Å². The SMILES string of the molecule is O=C(NC(=O)c1c(F)cccc1F)Nc1ccc(Cl)c(O)c1. The van der Waals surface area contributed by atoms with E-state index >= 15 is 0 Å². The van der Waals surface area contributed by atoms with Crippen LogP contribution in [-0.4, -0.2) is 17.0 Å². The first-order valence-corrected chi connectivity index (χ1v) is 6.31. The second kappa shape index (κ2) is 6.40. The van der Waals surface area contributed by atoms with E-state index in [-0.39, 0.29) is 16.5 Å². The molecule has 0 aliphatic carbocycles. The Kier molecular flexibility index (Phi) is 4.57. The molecule has 0 saturated carbocycles. The Morgan fingerprint density at radius 3 is 2.32 bits per heavy atom. The summed E-state index contributed by atoms with van der Waals surface area (Å²) in [5.41, 5.74) is -0.724. The Hall–Kier alpha value is -2.67. The number of rotatable bonds is 2. The number of phenolic OH excluding ortho intramolecular Hbond substituents is 1. The summed E-state index contributed by atoms with van der Waals surface area (Å²) in [6.45, 7) is 0. The summed E-state index contributed by atoms with van der Waals surface area (Å²) in [6, 6.07) is 5.71. The van der Waals surface area contributed by atoms with E-state index in [1.54, 1.807) is 5.32 Å². The van der Waals surface area contributed by atoms with Crippen LogP contribution in [0.15, 0.2) is 36.4 Å². The summed E-state index contributed by atoms with van der Waals surface area (Å²) in [4.78, 5) is 23.3. The van der Waals surface area contributed by atoms with E-state index in [9.17, 15) is 23.5 Å². The van der Waals surface area contributed by atoms with Gasteiger partial charge in [0.25, 0.3) is 5.91 Å². The van der Waals surface area contributed by atoms with Gasteiger partial charge in [0.1, 0.15) is 22.9 Å². The molecule has 0 aromatic heterocycles. The second-order valence-corrected chi connectivity index (χ2v) is 4.58. The molecule has 0 atom stereocenters. The minimum absolute atomic E-state index is 0.0791. The highest BCUT2D eigenvalue weighted by Gasteiger charge is 2.19. The third-order valence-electron chi connectivity index (χ3n) is 2.62. The first-order chi connectivity index (χ1) is 10.4. The van der Waals surface area contributed by atoms with E-state index in [0.29, 0.717) is 0 Å². The maximum atomic E-state index is 13.4. The smallest absolute Gasteiger partial charge is 0.326 e. The molecular weight excluding hydrogens is 318 g/mol. The van der Waals surface area contributed by atoms with Gasteiger partial charge in [0.15, 0.2) is 0 Å². The lowest BCUT2D eigenvalue weighted by Crippen LogP contribution is -2.35. The first-order valence-electron chi connectivity index (χ1n) is 5.93. The standard InChI is InChI=1S/C14H9ClF2N2O3/c15-8-5-4-7(6-11(8)20)18-14(22)19-13(21)12-9(16)2-1-3-10(12)17/h1-6,20H,(H2,18,19,21,22). The lowest BCUT2D eigenvalue weighted by atomic mass is 10.2. The molecule has 0 heterocycles. The Bertz CT molecular complexity index is 733. The molecule has 2 rings (SSSR count). The number of carbonyl (C=O) groups is 2. The molecule has 3 N–H and O–H groups in total. The van der Waals surface area contributed by atoms with Crippen molar-refractivity contribution in [2.75, 3.05) is 5.32 Å². The first kappa shape index (κ1) is 15.7. The number of nitrogens with one attached hydrogen (secondary N) is 2. The van der Waals surface area contributed by atoms with Gasteiger partial charge in [-0.1, -0.05) is 17.7 Å². The molecule has 5 nitrogen and oxygen atoms in total. The molecule has 0 radical (unpaired) electrons. The van der Waals surface area contributed by atoms with Gasteiger partial charge in [-0.3, -0.25) is 10.1 Å². The van der Waals surface area contributed by atoms with Crippen molar-refractivity contribution in [1.29, 1.82) is 0 Å². The van der Waals surface area contributed by atoms with Crippen molar-refractivity contribution in [3.63, 3.8) is 0 Å². The van der Waals surface area contributed by atoms with Crippen LogP contribution >= 0.6 is 11.6 Å². The van der Waals surface area contributed by atoms with E-state index in [1.165, 1.54) is 12.1 Å². The third-order valence-corrected chi connectivity index (χ3v) is 2.94. The number of carbonyl (C=O) groups excluding carboxylic acids is 2. The third kappa shape index (κ3) is 3.50. The van der Waals surface area contributed by atoms with Gasteiger partial charge in [-0.15, -0.1) is 0 Å². The Balaban J connectivity index is 2.08. The molecule has 114 valence electrons. The summed E-state index contributed by atoms with van der Waals surface area (Å²) in [5.74, 6) is -3.68. The molecule has 2 aromatic rings. The summed E-state index contributed by atoms with van der Waals surface area (Å²) >= 11 is 5.60. The number of amides is 3. The molecule has 0 aliphatic heterocycles. The second-order valence-electron chi connectivity index (χ2n) is 4.17. The van der Waals surface area contributed by atoms with Crippen LogP contribution in [0.25, 0.3) is 0 Å². The van der Waals surface area contributed by atoms with Crippen LogP contribution in [0.1, 0.15) is 10.4 Å². The molecule has 3 amide bonds. The van der Waals surface area contributed by atoms with Crippen molar-refractivity contribution in [2.45, 2.75) is 0 Å². The molecule has 0 spiro atoms. The van der Waals surface area contributed by atoms with E-state index in [0.717, 1.165) is 24.3 Å². The van der Waals surface area contributed by atoms with Crippen LogP contribution in [0.2, 0.25) is 5.02 Å². The highest BCUT2D eigenvalue weighted by Crippen LogP contribution is 2.26. The number of hydrogen-bond donors (Lipinski definition) is 3. The van der Waals surface area contributed by atoms with Crippen LogP contribution < -0.4 is 10.6 Å². The molecule has 0 fully saturated rings. The Morgan fingerprint density at radius 1 is 1.09 bits per heavy atom. The van der Waals surface area contributed by atoms with Crippen LogP contribution in [0, 0.1) is 11.6 Å². The maximum Gasteiger partial charge on any atom is 0.326 e. The fourth-order valence-corrected chi connectivity index (χ4v) is 1.75. The monoisotopic (exact) mass is 326 g/mol. The molecule has 0 saturated heterocycles. The van der Waals surface area contributed by atoms with E-state index in [2.05, 4.69) is 5.32 Å². The van der Waals surface area contributed by atoms with Crippen molar-refractivity contribution in [2.24, 2.45) is 0 Å². The average Bonchev–Trinajstić information content (AvgIpc) is 2.42. The van der Waals surface area contributed by atoms with Gasteiger partial charge in [0.2, 0.25) is 0 Å². The normalized spacial score (nSPS) is 10.1. The van der Waals surface area contributed by atoms with Gasteiger partial charge >= 0.3 is 6.03 Å². The minimum Gasteiger partial charge on any atom is -0.506 e. The quantitative estimate of drug-likeness (QED) is 0.792. The number of benzene rings is 2. The number of hydrogen-bond acceptors (Lipinski definition) is 3. The van der Waals surface area contributed by atoms with Gasteiger partial charge < -0.3 is 10.4 Å². The molecule has 2 aromatic carbocycles. The molecule has 8 heteroatoms. The lowest BCUT2D eigenvalue weighted by Gasteiger charge is -2.08. The van der Waals surface area contributed by atoms with E-state index in [1.807, 2.05) is 0 Å². The summed E-state index contributed by atoms with van der Waals surface area (Å²) in [7, 11) is 0. The minimum atomic E-state index is -1.23. The van der Waals surface area contributed by atoms with E-state index < -0.39 is 29.1 Å². The predicted molar refractivity (Wildman–Crippen MR) is 76.0 cm³/mol. The van der Waals surface area contributed by atoms with Crippen molar-refractivity contribution in [1.82, 2.24) is 5.32 Å². The zero-order valence-corrected chi connectivity index (χ0v) is 11.6. The molecule has 0 bridgehead atoms. The van der Waals surface area contributed by atoms with Crippen molar-refractivity contribution < 1.29 is 23.5 Å². The zero-order chi connectivity index (χ0) is 16.3. The lowest BCUT2D eigenvalue weighted by molar-refractivity contribution is 0.0959. The summed E-state index contributed by atoms with van der Waals surface area (Å²) in [5, 5.41) is 13.4. The molecule has 0 aliphatic rings. The Morgan fingerprint density at radius 2 is 1.73 bits per heavy atom. The highest BCUT2D eigenvalue weighted by atomic mass is 35.5. The number of urea groups is 1. The number of aromatic hydroxyl groups is 1. The molecular formula is C14H9ClF2N2O3. The van der Waals surface area contributed by atoms with Crippen molar-refractivity contribution >= 4 is 29.2 Å². The fraction of sp³-hybridized carbons (Fsp3) is 0. The van der Waals surface area contributed by atoms with Gasteiger partial charge in [-0.2, -0.15) is 0 Å². The van der Waals surface area contributed by atoms with Crippen LogP contribution in [0.4, 0.5) is 19.3 Å². The van der Waals surface area contributed by atoms with Crippen molar-refractivity contribution in [3.05, 3.63) is 58.6 Å². The topological polar surface area (TPSA) is 78.4 Å². The van der Waals surface area contributed by atoms with E-state index in [4.69, 9.17) is 11.6 Å². The summed E-state index contributed by atoms with van der Waals surface area (Å²) in [6.07, 6.45) is 0. The van der Waals surface area contributed by atoms with Crippen LogP contribution in [0.3, 0.4) is 0 Å². The Labute approximate surface area is 128 Å². The largest absolute Gasteiger partial charge is 0.506 e. The van der Waals surface area contributed by atoms with Crippen LogP contribution in [-0.2, 0) is 0 Å². The van der Waals surface area contributed by atoms with Crippen LogP contribution in [0.5, 0.6) is 5.75 Å². The number of phenols is 1. The number of anilines is 1. The predicted octanol–water partition coefficient (Wildman–Crippen LogP) is 3.29. The van der Waals surface area contributed by atoms with Gasteiger partial charge in [-0.25, -0.2) is 13.6 Å². The average molecular weight is 327 g/mol. The fourth-order valence-electron chi connectivity index (χ4n) is 1.63. The zero-order valence-electron chi connectivity index (χ0n) is 10.9. The number of halogens is 3. The van der Waals surface area contributed by atoms with Crippen molar-refractivity contribution in [3.8, 4) is 5.75 Å². The maximum absolute atomic E-state index is 13.4. The number of imide groups is 1. The highest BCUT2D eigenvalue weighted by molar-refractivity contribution is 6.32.